The lowest BCUT2D eigenvalue weighted by Gasteiger charge is -2.10. The van der Waals surface area contributed by atoms with Crippen LogP contribution in [0.25, 0.3) is 0 Å². The summed E-state index contributed by atoms with van der Waals surface area (Å²) in [6.45, 7) is 2.36. The van der Waals surface area contributed by atoms with Gasteiger partial charge in [-0.25, -0.2) is 0 Å². The number of ketones is 1. The second-order valence-corrected chi connectivity index (χ2v) is 5.76. The predicted molar refractivity (Wildman–Crippen MR) is 95.1 cm³/mol. The number of amides is 1. The first-order valence-electron chi connectivity index (χ1n) is 8.07. The second kappa shape index (κ2) is 7.57. The molecule has 0 unspecified atom stereocenters. The molecule has 5 nitrogen and oxygen atoms in total. The van der Waals surface area contributed by atoms with E-state index in [0.717, 1.165) is 11.3 Å². The summed E-state index contributed by atoms with van der Waals surface area (Å²) >= 11 is 0. The number of aryl methyl sites for hydroxylation is 1. The van der Waals surface area contributed by atoms with E-state index in [1.54, 1.807) is 35.2 Å². The fourth-order valence-corrected chi connectivity index (χ4v) is 2.63. The number of rotatable bonds is 6. The Kier molecular flexibility index (Phi) is 5.04. The van der Waals surface area contributed by atoms with Crippen LogP contribution >= 0.6 is 0 Å². The van der Waals surface area contributed by atoms with Crippen molar-refractivity contribution in [1.29, 1.82) is 0 Å². The highest BCUT2D eigenvalue weighted by atomic mass is 16.2. The number of nitrogens with one attached hydrogen (secondary N) is 1. The molecule has 1 amide bonds. The van der Waals surface area contributed by atoms with Gasteiger partial charge in [-0.1, -0.05) is 30.3 Å². The number of hydrogen-bond donors (Lipinski definition) is 1. The molecule has 1 N–H and O–H groups in total. The van der Waals surface area contributed by atoms with E-state index in [0.29, 0.717) is 17.8 Å². The highest BCUT2D eigenvalue weighted by Crippen LogP contribution is 2.14. The van der Waals surface area contributed by atoms with Crippen molar-refractivity contribution in [3.8, 4) is 0 Å². The van der Waals surface area contributed by atoms with Gasteiger partial charge in [0.2, 0.25) is 11.7 Å². The maximum Gasteiger partial charge on any atom is 0.240 e. The monoisotopic (exact) mass is 333 g/mol. The van der Waals surface area contributed by atoms with Crippen LogP contribution in [-0.2, 0) is 17.9 Å². The molecule has 25 heavy (non-hydrogen) atoms. The quantitative estimate of drug-likeness (QED) is 0.706. The molecule has 0 aliphatic carbocycles. The number of benzene rings is 1. The predicted octanol–water partition coefficient (Wildman–Crippen LogP) is 2.74. The maximum absolute atomic E-state index is 12.7. The molecule has 0 saturated heterocycles. The summed E-state index contributed by atoms with van der Waals surface area (Å²) in [5, 5.41) is 2.82. The molecule has 0 bridgehead atoms. The van der Waals surface area contributed by atoms with E-state index in [2.05, 4.69) is 10.3 Å². The van der Waals surface area contributed by atoms with Gasteiger partial charge in [-0.3, -0.25) is 14.6 Å². The molecule has 2 aromatic heterocycles. The Morgan fingerprint density at radius 1 is 1.04 bits per heavy atom. The van der Waals surface area contributed by atoms with Crippen molar-refractivity contribution in [2.45, 2.75) is 20.0 Å². The minimum atomic E-state index is -0.166. The Morgan fingerprint density at radius 2 is 1.84 bits per heavy atom. The Labute approximate surface area is 146 Å². The fourth-order valence-electron chi connectivity index (χ4n) is 2.63. The van der Waals surface area contributed by atoms with Crippen molar-refractivity contribution in [2.75, 3.05) is 0 Å². The lowest BCUT2D eigenvalue weighted by atomic mass is 10.0. The van der Waals surface area contributed by atoms with Gasteiger partial charge in [-0.2, -0.15) is 0 Å². The molecule has 0 radical (unpaired) electrons. The van der Waals surface area contributed by atoms with E-state index in [1.807, 2.05) is 43.3 Å². The molecule has 5 heteroatoms. The Hall–Kier alpha value is -3.21. The average molecular weight is 333 g/mol. The fraction of sp³-hybridized carbons (Fsp3) is 0.150. The molecule has 0 fully saturated rings. The molecular weight excluding hydrogens is 314 g/mol. The first kappa shape index (κ1) is 16.6. The standard InChI is InChI=1S/C20H19N3O2/c1-15-7-2-3-9-17(15)20(25)18-10-6-12-23(18)14-19(24)22-13-16-8-4-5-11-21-16/h2-12H,13-14H2,1H3,(H,22,24). The summed E-state index contributed by atoms with van der Waals surface area (Å²) in [5.74, 6) is -0.249. The van der Waals surface area contributed by atoms with E-state index >= 15 is 0 Å². The van der Waals surface area contributed by atoms with Gasteiger partial charge in [0.05, 0.1) is 17.9 Å². The molecule has 3 rings (SSSR count). The van der Waals surface area contributed by atoms with Crippen LogP contribution < -0.4 is 5.32 Å². The minimum absolute atomic E-state index is 0.0828. The van der Waals surface area contributed by atoms with Crippen molar-refractivity contribution >= 4 is 11.7 Å². The third kappa shape index (κ3) is 4.01. The molecule has 2 heterocycles. The van der Waals surface area contributed by atoms with E-state index in [1.165, 1.54) is 0 Å². The summed E-state index contributed by atoms with van der Waals surface area (Å²) in [5.41, 5.74) is 2.86. The van der Waals surface area contributed by atoms with Gasteiger partial charge in [0.1, 0.15) is 6.54 Å². The van der Waals surface area contributed by atoms with Gasteiger partial charge in [0.25, 0.3) is 0 Å². The van der Waals surface area contributed by atoms with Crippen LogP contribution in [0.4, 0.5) is 0 Å². The summed E-state index contributed by atoms with van der Waals surface area (Å²) < 4.78 is 1.67. The SMILES string of the molecule is Cc1ccccc1C(=O)c1cccn1CC(=O)NCc1ccccn1. The largest absolute Gasteiger partial charge is 0.349 e. The van der Waals surface area contributed by atoms with E-state index in [9.17, 15) is 9.59 Å². The van der Waals surface area contributed by atoms with Crippen LogP contribution in [0.15, 0.2) is 67.0 Å². The number of hydrogen-bond acceptors (Lipinski definition) is 3. The topological polar surface area (TPSA) is 64.0 Å². The lowest BCUT2D eigenvalue weighted by molar-refractivity contribution is -0.121. The highest BCUT2D eigenvalue weighted by molar-refractivity contribution is 6.09. The molecule has 0 spiro atoms. The van der Waals surface area contributed by atoms with Crippen molar-refractivity contribution in [2.24, 2.45) is 0 Å². The molecule has 0 saturated carbocycles. The first-order chi connectivity index (χ1) is 12.1. The van der Waals surface area contributed by atoms with Crippen LogP contribution in [0.2, 0.25) is 0 Å². The second-order valence-electron chi connectivity index (χ2n) is 5.76. The van der Waals surface area contributed by atoms with E-state index in [4.69, 9.17) is 0 Å². The van der Waals surface area contributed by atoms with E-state index < -0.39 is 0 Å². The first-order valence-corrected chi connectivity index (χ1v) is 8.07. The number of pyridine rings is 1. The minimum Gasteiger partial charge on any atom is -0.349 e. The summed E-state index contributed by atoms with van der Waals surface area (Å²) in [6.07, 6.45) is 3.43. The van der Waals surface area contributed by atoms with Crippen molar-refractivity contribution in [3.05, 3.63) is 89.5 Å². The number of aromatic nitrogens is 2. The number of nitrogens with zero attached hydrogens (tertiary/aromatic N) is 2. The zero-order valence-corrected chi connectivity index (χ0v) is 14.0. The third-order valence-electron chi connectivity index (χ3n) is 3.96. The third-order valence-corrected chi connectivity index (χ3v) is 3.96. The highest BCUT2D eigenvalue weighted by Gasteiger charge is 2.16. The van der Waals surface area contributed by atoms with Crippen molar-refractivity contribution in [3.63, 3.8) is 0 Å². The molecule has 126 valence electrons. The van der Waals surface area contributed by atoms with Crippen molar-refractivity contribution in [1.82, 2.24) is 14.9 Å². The van der Waals surface area contributed by atoms with Crippen LogP contribution in [0, 0.1) is 6.92 Å². The van der Waals surface area contributed by atoms with Gasteiger partial charge in [-0.15, -0.1) is 0 Å². The van der Waals surface area contributed by atoms with Gasteiger partial charge in [-0.05, 0) is 36.8 Å². The average Bonchev–Trinajstić information content (AvgIpc) is 3.09. The number of carbonyl (C=O) groups excluding carboxylic acids is 2. The van der Waals surface area contributed by atoms with Crippen LogP contribution in [0.1, 0.15) is 27.3 Å². The summed E-state index contributed by atoms with van der Waals surface area (Å²) in [7, 11) is 0. The molecule has 0 aliphatic heterocycles. The number of carbonyl (C=O) groups is 2. The molecule has 0 atom stereocenters. The molecule has 3 aromatic rings. The van der Waals surface area contributed by atoms with Crippen LogP contribution in [0.5, 0.6) is 0 Å². The van der Waals surface area contributed by atoms with Crippen LogP contribution in [0.3, 0.4) is 0 Å². The smallest absolute Gasteiger partial charge is 0.240 e. The molecule has 0 aliphatic rings. The Bertz CT molecular complexity index is 885. The van der Waals surface area contributed by atoms with Gasteiger partial charge in [0, 0.05) is 18.0 Å². The summed E-state index contributed by atoms with van der Waals surface area (Å²) in [6, 6.07) is 16.5. The normalized spacial score (nSPS) is 10.4. The molecular formula is C20H19N3O2. The van der Waals surface area contributed by atoms with Gasteiger partial charge in [0.15, 0.2) is 0 Å². The van der Waals surface area contributed by atoms with Crippen LogP contribution in [-0.4, -0.2) is 21.2 Å². The van der Waals surface area contributed by atoms with E-state index in [-0.39, 0.29) is 18.2 Å². The Balaban J connectivity index is 1.68. The lowest BCUT2D eigenvalue weighted by Crippen LogP contribution is -2.28. The van der Waals surface area contributed by atoms with Crippen molar-refractivity contribution < 1.29 is 9.59 Å². The zero-order valence-electron chi connectivity index (χ0n) is 14.0. The Morgan fingerprint density at radius 3 is 2.60 bits per heavy atom. The van der Waals surface area contributed by atoms with Gasteiger partial charge >= 0.3 is 0 Å². The maximum atomic E-state index is 12.7. The summed E-state index contributed by atoms with van der Waals surface area (Å²) in [4.78, 5) is 29.1. The van der Waals surface area contributed by atoms with Gasteiger partial charge < -0.3 is 9.88 Å². The molecule has 1 aromatic carbocycles. The zero-order chi connectivity index (χ0) is 17.6.